The van der Waals surface area contributed by atoms with Crippen molar-refractivity contribution in [3.05, 3.63) is 47.5 Å². The molecule has 2 N–H and O–H groups in total. The number of carboxylic acids is 1. The lowest BCUT2D eigenvalue weighted by atomic mass is 10.1. The van der Waals surface area contributed by atoms with E-state index < -0.39 is 16.0 Å². The van der Waals surface area contributed by atoms with Crippen molar-refractivity contribution in [1.82, 2.24) is 0 Å². The van der Waals surface area contributed by atoms with E-state index in [1.54, 1.807) is 0 Å². The number of ether oxygens (including phenoxy) is 2. The Morgan fingerprint density at radius 2 is 1.72 bits per heavy atom. The van der Waals surface area contributed by atoms with Gasteiger partial charge in [-0.1, -0.05) is 0 Å². The van der Waals surface area contributed by atoms with E-state index in [2.05, 4.69) is 4.72 Å². The monoisotopic (exact) mass is 360 g/mol. The van der Waals surface area contributed by atoms with Crippen molar-refractivity contribution in [3.63, 3.8) is 0 Å². The Labute approximate surface area is 143 Å². The van der Waals surface area contributed by atoms with Gasteiger partial charge in [0.1, 0.15) is 13.2 Å². The van der Waals surface area contributed by atoms with E-state index in [1.165, 1.54) is 36.4 Å². The maximum absolute atomic E-state index is 12.5. The average molecular weight is 360 g/mol. The number of carbonyl (C=O) groups is 1. The van der Waals surface area contributed by atoms with Gasteiger partial charge < -0.3 is 14.6 Å². The lowest BCUT2D eigenvalue weighted by Gasteiger charge is -2.20. The molecule has 3 rings (SSSR count). The standard InChI is InChI=1S/C16H12N2O6S/c17-9-10-1-3-11(4-2-10)25(21,22)18-13-8-15-14(23-5-6-24-15)7-12(13)16(19)20/h1-4,7-8,18H,5-6H2,(H,19,20). The van der Waals surface area contributed by atoms with Crippen LogP contribution in [-0.4, -0.2) is 32.7 Å². The second kappa shape index (κ2) is 6.33. The number of benzene rings is 2. The molecule has 0 fully saturated rings. The predicted octanol–water partition coefficient (Wildman–Crippen LogP) is 1.83. The molecule has 0 aromatic heterocycles. The molecule has 0 saturated heterocycles. The van der Waals surface area contributed by atoms with E-state index in [1.807, 2.05) is 6.07 Å². The van der Waals surface area contributed by atoms with Crippen LogP contribution in [0.5, 0.6) is 11.5 Å². The van der Waals surface area contributed by atoms with Crippen molar-refractivity contribution < 1.29 is 27.8 Å². The van der Waals surface area contributed by atoms with Crippen LogP contribution < -0.4 is 14.2 Å². The van der Waals surface area contributed by atoms with E-state index in [9.17, 15) is 18.3 Å². The molecule has 0 spiro atoms. The Kier molecular flexibility index (Phi) is 4.21. The summed E-state index contributed by atoms with van der Waals surface area (Å²) in [5, 5.41) is 18.1. The minimum Gasteiger partial charge on any atom is -0.486 e. The fourth-order valence-corrected chi connectivity index (χ4v) is 3.33. The molecule has 0 amide bonds. The summed E-state index contributed by atoms with van der Waals surface area (Å²) in [5.74, 6) is -0.812. The first kappa shape index (κ1) is 16.6. The largest absolute Gasteiger partial charge is 0.486 e. The van der Waals surface area contributed by atoms with E-state index >= 15 is 0 Å². The first-order valence-corrected chi connectivity index (χ1v) is 8.59. The summed E-state index contributed by atoms with van der Waals surface area (Å²) < 4.78 is 37.9. The highest BCUT2D eigenvalue weighted by molar-refractivity contribution is 7.92. The van der Waals surface area contributed by atoms with Crippen LogP contribution in [0.15, 0.2) is 41.3 Å². The molecule has 1 aliphatic rings. The molecule has 0 unspecified atom stereocenters. The number of rotatable bonds is 4. The third-order valence-corrected chi connectivity index (χ3v) is 4.83. The van der Waals surface area contributed by atoms with E-state index in [-0.39, 0.29) is 40.9 Å². The number of hydrogen-bond donors (Lipinski definition) is 2. The fraction of sp³-hybridized carbons (Fsp3) is 0.125. The lowest BCUT2D eigenvalue weighted by Crippen LogP contribution is -2.19. The molecular weight excluding hydrogens is 348 g/mol. The number of hydrogen-bond acceptors (Lipinski definition) is 6. The summed E-state index contributed by atoms with van der Waals surface area (Å²) in [7, 11) is -4.04. The number of carboxylic acid groups (broad SMARTS) is 1. The summed E-state index contributed by atoms with van der Waals surface area (Å²) in [6, 6.07) is 9.62. The molecule has 0 aliphatic carbocycles. The van der Waals surface area contributed by atoms with Gasteiger partial charge in [-0.05, 0) is 24.3 Å². The maximum Gasteiger partial charge on any atom is 0.337 e. The SMILES string of the molecule is N#Cc1ccc(S(=O)(=O)Nc2cc3c(cc2C(=O)O)OCCO3)cc1. The fourth-order valence-electron chi connectivity index (χ4n) is 2.26. The van der Waals surface area contributed by atoms with Crippen molar-refractivity contribution in [1.29, 1.82) is 5.26 Å². The van der Waals surface area contributed by atoms with Crippen LogP contribution in [0, 0.1) is 11.3 Å². The zero-order valence-corrected chi connectivity index (χ0v) is 13.5. The second-order valence-electron chi connectivity index (χ2n) is 5.09. The van der Waals surface area contributed by atoms with Gasteiger partial charge in [0.15, 0.2) is 11.5 Å². The lowest BCUT2D eigenvalue weighted by molar-refractivity contribution is 0.0697. The normalized spacial score (nSPS) is 12.9. The van der Waals surface area contributed by atoms with Gasteiger partial charge in [0.2, 0.25) is 0 Å². The summed E-state index contributed by atoms with van der Waals surface area (Å²) in [4.78, 5) is 11.3. The highest BCUT2D eigenvalue weighted by Gasteiger charge is 2.23. The molecular formula is C16H12N2O6S. The quantitative estimate of drug-likeness (QED) is 0.852. The van der Waals surface area contributed by atoms with Gasteiger partial charge in [-0.25, -0.2) is 13.2 Å². The molecule has 2 aromatic rings. The Bertz CT molecular complexity index is 977. The number of aromatic carboxylic acids is 1. The summed E-state index contributed by atoms with van der Waals surface area (Å²) in [6.07, 6.45) is 0. The highest BCUT2D eigenvalue weighted by Crippen LogP contribution is 2.36. The Hall–Kier alpha value is -3.25. The van der Waals surface area contributed by atoms with E-state index in [4.69, 9.17) is 14.7 Å². The molecule has 9 heteroatoms. The second-order valence-corrected chi connectivity index (χ2v) is 6.77. The summed E-state index contributed by atoms with van der Waals surface area (Å²) >= 11 is 0. The van der Waals surface area contributed by atoms with Crippen LogP contribution in [0.1, 0.15) is 15.9 Å². The van der Waals surface area contributed by atoms with Crippen molar-refractivity contribution in [2.45, 2.75) is 4.90 Å². The number of nitriles is 1. The van der Waals surface area contributed by atoms with E-state index in [0.29, 0.717) is 5.56 Å². The van der Waals surface area contributed by atoms with Crippen LogP contribution in [0.2, 0.25) is 0 Å². The average Bonchev–Trinajstić information content (AvgIpc) is 2.60. The first-order valence-electron chi connectivity index (χ1n) is 7.10. The number of fused-ring (bicyclic) bond motifs is 1. The van der Waals surface area contributed by atoms with Crippen molar-refractivity contribution in [2.24, 2.45) is 0 Å². The number of nitrogens with zero attached hydrogens (tertiary/aromatic N) is 1. The number of sulfonamides is 1. The molecule has 25 heavy (non-hydrogen) atoms. The van der Waals surface area contributed by atoms with Crippen LogP contribution >= 0.6 is 0 Å². The van der Waals surface area contributed by atoms with Gasteiger partial charge in [-0.3, -0.25) is 4.72 Å². The molecule has 1 aliphatic heterocycles. The molecule has 1 heterocycles. The number of nitrogens with one attached hydrogen (secondary N) is 1. The molecule has 0 radical (unpaired) electrons. The van der Waals surface area contributed by atoms with Crippen molar-refractivity contribution in [2.75, 3.05) is 17.9 Å². The Balaban J connectivity index is 2.00. The van der Waals surface area contributed by atoms with Crippen LogP contribution in [0.4, 0.5) is 5.69 Å². The highest BCUT2D eigenvalue weighted by atomic mass is 32.2. The van der Waals surface area contributed by atoms with Crippen LogP contribution in [-0.2, 0) is 10.0 Å². The zero-order chi connectivity index (χ0) is 18.0. The third kappa shape index (κ3) is 3.34. The minimum absolute atomic E-state index is 0.0993. The maximum atomic E-state index is 12.5. The van der Waals surface area contributed by atoms with E-state index in [0.717, 1.165) is 0 Å². The predicted molar refractivity (Wildman–Crippen MR) is 86.4 cm³/mol. The first-order chi connectivity index (χ1) is 11.9. The van der Waals surface area contributed by atoms with Gasteiger partial charge in [0.05, 0.1) is 27.8 Å². The molecule has 2 aromatic carbocycles. The Morgan fingerprint density at radius 3 is 2.28 bits per heavy atom. The van der Waals surface area contributed by atoms with Gasteiger partial charge in [-0.15, -0.1) is 0 Å². The molecule has 0 atom stereocenters. The third-order valence-electron chi connectivity index (χ3n) is 3.45. The van der Waals surface area contributed by atoms with Crippen LogP contribution in [0.3, 0.4) is 0 Å². The molecule has 8 nitrogen and oxygen atoms in total. The van der Waals surface area contributed by atoms with Crippen molar-refractivity contribution >= 4 is 21.7 Å². The molecule has 128 valence electrons. The summed E-state index contributed by atoms with van der Waals surface area (Å²) in [5.41, 5.74) is -0.0907. The Morgan fingerprint density at radius 1 is 1.12 bits per heavy atom. The van der Waals surface area contributed by atoms with Crippen LogP contribution in [0.25, 0.3) is 0 Å². The minimum atomic E-state index is -4.04. The smallest absolute Gasteiger partial charge is 0.337 e. The van der Waals surface area contributed by atoms with Gasteiger partial charge in [-0.2, -0.15) is 5.26 Å². The van der Waals surface area contributed by atoms with Crippen molar-refractivity contribution in [3.8, 4) is 17.6 Å². The molecule has 0 bridgehead atoms. The summed E-state index contributed by atoms with van der Waals surface area (Å²) in [6.45, 7) is 0.559. The number of anilines is 1. The zero-order valence-electron chi connectivity index (χ0n) is 12.7. The van der Waals surface area contributed by atoms with Gasteiger partial charge >= 0.3 is 5.97 Å². The topological polar surface area (TPSA) is 126 Å². The van der Waals surface area contributed by atoms with Gasteiger partial charge in [0, 0.05) is 12.1 Å². The molecule has 0 saturated carbocycles. The van der Waals surface area contributed by atoms with Gasteiger partial charge in [0.25, 0.3) is 10.0 Å².